The Morgan fingerprint density at radius 1 is 1.32 bits per heavy atom. The van der Waals surface area contributed by atoms with E-state index in [1.807, 2.05) is 0 Å². The molecule has 0 amide bonds. The van der Waals surface area contributed by atoms with E-state index in [9.17, 15) is 4.39 Å². The Kier molecular flexibility index (Phi) is 5.12. The number of benzene rings is 1. The molecule has 2 aliphatic heterocycles. The number of aliphatic hydroxyl groups excluding tert-OH is 1. The van der Waals surface area contributed by atoms with Gasteiger partial charge in [0.25, 0.3) is 0 Å². The lowest BCUT2D eigenvalue weighted by Crippen LogP contribution is -2.58. The zero-order chi connectivity index (χ0) is 15.4. The highest BCUT2D eigenvalue weighted by Gasteiger charge is 2.31. The van der Waals surface area contributed by atoms with E-state index in [1.54, 1.807) is 12.1 Å². The Balaban J connectivity index is 1.75. The molecule has 0 saturated carbocycles. The number of hydrogen-bond acceptors (Lipinski definition) is 5. The molecular formula is C16H23FN2O3. The Hall–Kier alpha value is -1.37. The second kappa shape index (κ2) is 7.26. The third kappa shape index (κ3) is 3.34. The van der Waals surface area contributed by atoms with E-state index >= 15 is 0 Å². The molecule has 2 fully saturated rings. The first kappa shape index (κ1) is 15.5. The van der Waals surface area contributed by atoms with Crippen molar-refractivity contribution in [3.8, 4) is 5.75 Å². The van der Waals surface area contributed by atoms with E-state index in [4.69, 9.17) is 14.6 Å². The second-order valence-electron chi connectivity index (χ2n) is 5.72. The van der Waals surface area contributed by atoms with Crippen LogP contribution in [0.5, 0.6) is 5.75 Å². The lowest BCUT2D eigenvalue weighted by atomic mass is 10.1. The lowest BCUT2D eigenvalue weighted by molar-refractivity contribution is -0.0118. The topological polar surface area (TPSA) is 45.2 Å². The average molecular weight is 310 g/mol. The summed E-state index contributed by atoms with van der Waals surface area (Å²) in [7, 11) is 0. The standard InChI is InChI=1S/C16H23FN2O3/c17-14-3-1-4-15(22-9-2-8-20)16(14)19-6-5-18-7-10-21-12-13(18)11-19/h1,3-4,13,20H,2,5-12H2. The molecule has 1 aromatic carbocycles. The maximum atomic E-state index is 14.4. The number of para-hydroxylation sites is 1. The third-order valence-corrected chi connectivity index (χ3v) is 4.26. The maximum Gasteiger partial charge on any atom is 0.150 e. The van der Waals surface area contributed by atoms with Crippen LogP contribution >= 0.6 is 0 Å². The molecule has 2 saturated heterocycles. The zero-order valence-electron chi connectivity index (χ0n) is 12.7. The van der Waals surface area contributed by atoms with Crippen molar-refractivity contribution in [1.29, 1.82) is 0 Å². The van der Waals surface area contributed by atoms with Gasteiger partial charge in [0.15, 0.2) is 0 Å². The highest BCUT2D eigenvalue weighted by molar-refractivity contribution is 5.60. The molecule has 0 radical (unpaired) electrons. The summed E-state index contributed by atoms with van der Waals surface area (Å²) in [5.74, 6) is 0.297. The van der Waals surface area contributed by atoms with Gasteiger partial charge in [-0.05, 0) is 12.1 Å². The Labute approximate surface area is 130 Å². The molecule has 5 nitrogen and oxygen atoms in total. The van der Waals surface area contributed by atoms with E-state index in [0.29, 0.717) is 37.1 Å². The van der Waals surface area contributed by atoms with Crippen LogP contribution in [0.15, 0.2) is 18.2 Å². The smallest absolute Gasteiger partial charge is 0.150 e. The molecule has 22 heavy (non-hydrogen) atoms. The van der Waals surface area contributed by atoms with Crippen LogP contribution in [0.2, 0.25) is 0 Å². The van der Waals surface area contributed by atoms with E-state index < -0.39 is 0 Å². The first-order valence-electron chi connectivity index (χ1n) is 7.88. The van der Waals surface area contributed by atoms with Crippen molar-refractivity contribution >= 4 is 5.69 Å². The summed E-state index contributed by atoms with van der Waals surface area (Å²) in [5, 5.41) is 8.86. The van der Waals surface area contributed by atoms with Crippen LogP contribution in [0, 0.1) is 5.82 Å². The summed E-state index contributed by atoms with van der Waals surface area (Å²) in [6.45, 7) is 5.35. The van der Waals surface area contributed by atoms with Gasteiger partial charge in [-0.25, -0.2) is 4.39 Å². The minimum Gasteiger partial charge on any atom is -0.491 e. The highest BCUT2D eigenvalue weighted by atomic mass is 19.1. The number of anilines is 1. The van der Waals surface area contributed by atoms with Gasteiger partial charge in [0.05, 0.1) is 25.9 Å². The minimum atomic E-state index is -0.258. The largest absolute Gasteiger partial charge is 0.491 e. The van der Waals surface area contributed by atoms with Gasteiger partial charge in [-0.1, -0.05) is 6.07 Å². The van der Waals surface area contributed by atoms with E-state index in [2.05, 4.69) is 9.80 Å². The molecule has 0 aromatic heterocycles. The summed E-state index contributed by atoms with van der Waals surface area (Å²) >= 11 is 0. The van der Waals surface area contributed by atoms with Crippen molar-refractivity contribution in [3.63, 3.8) is 0 Å². The Bertz CT molecular complexity index is 500. The summed E-state index contributed by atoms with van der Waals surface area (Å²) in [6, 6.07) is 5.23. The number of morpholine rings is 1. The quantitative estimate of drug-likeness (QED) is 0.826. The Morgan fingerprint density at radius 2 is 2.23 bits per heavy atom. The van der Waals surface area contributed by atoms with Crippen LogP contribution in [-0.4, -0.2) is 68.7 Å². The Morgan fingerprint density at radius 3 is 3.09 bits per heavy atom. The highest BCUT2D eigenvalue weighted by Crippen LogP contribution is 2.33. The van der Waals surface area contributed by atoms with Crippen LogP contribution in [-0.2, 0) is 4.74 Å². The summed E-state index contributed by atoms with van der Waals surface area (Å²) < 4.78 is 25.6. The summed E-state index contributed by atoms with van der Waals surface area (Å²) in [4.78, 5) is 4.46. The van der Waals surface area contributed by atoms with Gasteiger partial charge in [0.1, 0.15) is 17.3 Å². The van der Waals surface area contributed by atoms with Crippen molar-refractivity contribution < 1.29 is 19.0 Å². The third-order valence-electron chi connectivity index (χ3n) is 4.26. The molecule has 0 aliphatic carbocycles. The predicted octanol–water partition coefficient (Wildman–Crippen LogP) is 1.11. The van der Waals surface area contributed by atoms with Crippen molar-refractivity contribution in [2.45, 2.75) is 12.5 Å². The van der Waals surface area contributed by atoms with Gasteiger partial charge < -0.3 is 19.5 Å². The number of aliphatic hydroxyl groups is 1. The number of nitrogens with zero attached hydrogens (tertiary/aromatic N) is 2. The molecule has 0 bridgehead atoms. The van der Waals surface area contributed by atoms with Crippen molar-refractivity contribution in [2.24, 2.45) is 0 Å². The molecule has 1 unspecified atom stereocenters. The van der Waals surface area contributed by atoms with Gasteiger partial charge >= 0.3 is 0 Å². The van der Waals surface area contributed by atoms with Gasteiger partial charge in [-0.3, -0.25) is 4.90 Å². The molecule has 1 aromatic rings. The molecule has 1 atom stereocenters. The zero-order valence-corrected chi connectivity index (χ0v) is 12.7. The molecule has 0 spiro atoms. The van der Waals surface area contributed by atoms with Crippen LogP contribution < -0.4 is 9.64 Å². The number of hydrogen-bond donors (Lipinski definition) is 1. The fraction of sp³-hybridized carbons (Fsp3) is 0.625. The van der Waals surface area contributed by atoms with Crippen LogP contribution in [0.4, 0.5) is 10.1 Å². The van der Waals surface area contributed by atoms with E-state index in [0.717, 1.165) is 32.8 Å². The van der Waals surface area contributed by atoms with Crippen LogP contribution in [0.1, 0.15) is 6.42 Å². The van der Waals surface area contributed by atoms with E-state index in [-0.39, 0.29) is 12.4 Å². The van der Waals surface area contributed by atoms with Crippen molar-refractivity contribution in [3.05, 3.63) is 24.0 Å². The van der Waals surface area contributed by atoms with Gasteiger partial charge in [0.2, 0.25) is 0 Å². The molecule has 3 rings (SSSR count). The minimum absolute atomic E-state index is 0.0722. The second-order valence-corrected chi connectivity index (χ2v) is 5.72. The predicted molar refractivity (Wildman–Crippen MR) is 82.0 cm³/mol. The molecule has 6 heteroatoms. The summed E-state index contributed by atoms with van der Waals surface area (Å²) in [6.07, 6.45) is 0.542. The first-order valence-corrected chi connectivity index (χ1v) is 7.88. The summed E-state index contributed by atoms with van der Waals surface area (Å²) in [5.41, 5.74) is 0.533. The monoisotopic (exact) mass is 310 g/mol. The van der Waals surface area contributed by atoms with Gasteiger partial charge in [0, 0.05) is 39.2 Å². The fourth-order valence-corrected chi connectivity index (χ4v) is 3.12. The molecule has 122 valence electrons. The number of fused-ring (bicyclic) bond motifs is 1. The van der Waals surface area contributed by atoms with Crippen LogP contribution in [0.25, 0.3) is 0 Å². The molecule has 2 aliphatic rings. The number of piperazine rings is 1. The SMILES string of the molecule is OCCCOc1cccc(F)c1N1CCN2CCOCC2C1. The lowest BCUT2D eigenvalue weighted by Gasteiger charge is -2.44. The van der Waals surface area contributed by atoms with Crippen LogP contribution in [0.3, 0.4) is 0 Å². The molecular weight excluding hydrogens is 287 g/mol. The van der Waals surface area contributed by atoms with E-state index in [1.165, 1.54) is 6.07 Å². The fourth-order valence-electron chi connectivity index (χ4n) is 3.12. The van der Waals surface area contributed by atoms with Gasteiger partial charge in [-0.15, -0.1) is 0 Å². The van der Waals surface area contributed by atoms with Crippen molar-refractivity contribution in [1.82, 2.24) is 4.90 Å². The van der Waals surface area contributed by atoms with Crippen molar-refractivity contribution in [2.75, 3.05) is 57.5 Å². The maximum absolute atomic E-state index is 14.4. The number of halogens is 1. The number of rotatable bonds is 5. The molecule has 1 N–H and O–H groups in total. The number of ether oxygens (including phenoxy) is 2. The van der Waals surface area contributed by atoms with Gasteiger partial charge in [-0.2, -0.15) is 0 Å². The molecule has 2 heterocycles. The average Bonchev–Trinajstić information content (AvgIpc) is 2.55. The normalized spacial score (nSPS) is 22.5. The first-order chi connectivity index (χ1) is 10.8.